The summed E-state index contributed by atoms with van der Waals surface area (Å²) in [6, 6.07) is 5.87. The SMILES string of the molecule is O=C1NCCCCC1NS(=O)(=O)c1ccc(CCCl)cc1. The fraction of sp³-hybridized carbons (Fsp3) is 0.500. The second kappa shape index (κ2) is 7.24. The molecule has 0 aromatic heterocycles. The summed E-state index contributed by atoms with van der Waals surface area (Å²) in [6.45, 7) is 0.601. The standard InChI is InChI=1S/C14H19ClN2O3S/c15-9-8-11-4-6-12(7-5-11)21(19,20)17-13-3-1-2-10-16-14(13)18/h4-7,13,17H,1-3,8-10H2,(H,16,18). The average Bonchev–Trinajstić information content (AvgIpc) is 2.65. The van der Waals surface area contributed by atoms with Crippen molar-refractivity contribution in [2.24, 2.45) is 0 Å². The molecule has 2 rings (SSSR count). The van der Waals surface area contributed by atoms with E-state index in [2.05, 4.69) is 10.0 Å². The van der Waals surface area contributed by atoms with E-state index in [-0.39, 0.29) is 10.8 Å². The molecule has 1 aromatic carbocycles. The van der Waals surface area contributed by atoms with Crippen LogP contribution in [0.1, 0.15) is 24.8 Å². The van der Waals surface area contributed by atoms with Crippen molar-refractivity contribution < 1.29 is 13.2 Å². The third kappa shape index (κ3) is 4.43. The predicted molar refractivity (Wildman–Crippen MR) is 81.8 cm³/mol. The van der Waals surface area contributed by atoms with Crippen LogP contribution in [0.15, 0.2) is 29.2 Å². The van der Waals surface area contributed by atoms with Gasteiger partial charge in [0.15, 0.2) is 0 Å². The predicted octanol–water partition coefficient (Wildman–Crippen LogP) is 1.41. The van der Waals surface area contributed by atoms with Crippen molar-refractivity contribution in [1.29, 1.82) is 0 Å². The first-order valence-corrected chi connectivity index (χ1v) is 8.99. The molecular weight excluding hydrogens is 312 g/mol. The van der Waals surface area contributed by atoms with Crippen LogP contribution in [0.5, 0.6) is 0 Å². The Hall–Kier alpha value is -1.11. The van der Waals surface area contributed by atoms with Gasteiger partial charge in [0, 0.05) is 12.4 Å². The molecule has 0 saturated carbocycles. The van der Waals surface area contributed by atoms with Crippen molar-refractivity contribution in [1.82, 2.24) is 10.0 Å². The van der Waals surface area contributed by atoms with Crippen LogP contribution in [0.4, 0.5) is 0 Å². The molecule has 116 valence electrons. The Kier molecular flexibility index (Phi) is 5.61. The van der Waals surface area contributed by atoms with Gasteiger partial charge < -0.3 is 5.32 Å². The van der Waals surface area contributed by atoms with Crippen LogP contribution in [0, 0.1) is 0 Å². The minimum absolute atomic E-state index is 0.165. The van der Waals surface area contributed by atoms with E-state index in [4.69, 9.17) is 11.6 Å². The number of carbonyl (C=O) groups excluding carboxylic acids is 1. The zero-order valence-corrected chi connectivity index (χ0v) is 13.2. The van der Waals surface area contributed by atoms with Gasteiger partial charge in [-0.2, -0.15) is 4.72 Å². The lowest BCUT2D eigenvalue weighted by Crippen LogP contribution is -2.45. The van der Waals surface area contributed by atoms with E-state index in [0.29, 0.717) is 25.3 Å². The molecule has 0 aliphatic carbocycles. The van der Waals surface area contributed by atoms with Crippen molar-refractivity contribution in [3.05, 3.63) is 29.8 Å². The zero-order valence-electron chi connectivity index (χ0n) is 11.6. The smallest absolute Gasteiger partial charge is 0.241 e. The number of aryl methyl sites for hydroxylation is 1. The van der Waals surface area contributed by atoms with Crippen molar-refractivity contribution in [3.63, 3.8) is 0 Å². The first kappa shape index (κ1) is 16.3. The minimum atomic E-state index is -3.68. The van der Waals surface area contributed by atoms with Gasteiger partial charge in [-0.05, 0) is 43.4 Å². The molecule has 0 spiro atoms. The highest BCUT2D eigenvalue weighted by molar-refractivity contribution is 7.89. The molecule has 1 saturated heterocycles. The van der Waals surface area contributed by atoms with Gasteiger partial charge in [0.1, 0.15) is 6.04 Å². The monoisotopic (exact) mass is 330 g/mol. The largest absolute Gasteiger partial charge is 0.355 e. The fourth-order valence-electron chi connectivity index (χ4n) is 2.25. The summed E-state index contributed by atoms with van der Waals surface area (Å²) in [4.78, 5) is 12.0. The van der Waals surface area contributed by atoms with Crippen LogP contribution in [0.25, 0.3) is 0 Å². The molecule has 1 unspecified atom stereocenters. The molecule has 1 amide bonds. The lowest BCUT2D eigenvalue weighted by atomic mass is 10.1. The normalized spacial score (nSPS) is 19.9. The summed E-state index contributed by atoms with van der Waals surface area (Å²) in [5.74, 6) is 0.238. The summed E-state index contributed by atoms with van der Waals surface area (Å²) >= 11 is 5.65. The van der Waals surface area contributed by atoms with Gasteiger partial charge in [-0.25, -0.2) is 8.42 Å². The van der Waals surface area contributed by atoms with Crippen molar-refractivity contribution in [2.75, 3.05) is 12.4 Å². The molecule has 21 heavy (non-hydrogen) atoms. The van der Waals surface area contributed by atoms with Gasteiger partial charge >= 0.3 is 0 Å². The molecule has 1 fully saturated rings. The topological polar surface area (TPSA) is 75.3 Å². The van der Waals surface area contributed by atoms with Crippen LogP contribution in [-0.2, 0) is 21.2 Å². The van der Waals surface area contributed by atoms with Gasteiger partial charge in [-0.15, -0.1) is 11.6 Å². The Bertz CT molecular complexity index is 587. The molecule has 2 N–H and O–H groups in total. The molecular formula is C14H19ClN2O3S. The minimum Gasteiger partial charge on any atom is -0.355 e. The lowest BCUT2D eigenvalue weighted by molar-refractivity contribution is -0.122. The third-order valence-electron chi connectivity index (χ3n) is 3.45. The van der Waals surface area contributed by atoms with Crippen molar-refractivity contribution in [2.45, 2.75) is 36.6 Å². The van der Waals surface area contributed by atoms with Gasteiger partial charge in [-0.1, -0.05) is 12.1 Å². The second-order valence-corrected chi connectivity index (χ2v) is 7.14. The maximum Gasteiger partial charge on any atom is 0.241 e. The number of sulfonamides is 1. The van der Waals surface area contributed by atoms with E-state index >= 15 is 0 Å². The number of alkyl halides is 1. The summed E-state index contributed by atoms with van der Waals surface area (Å²) in [5.41, 5.74) is 0.983. The highest BCUT2D eigenvalue weighted by Crippen LogP contribution is 2.14. The van der Waals surface area contributed by atoms with Crippen LogP contribution >= 0.6 is 11.6 Å². The Morgan fingerprint density at radius 1 is 1.24 bits per heavy atom. The summed E-state index contributed by atoms with van der Waals surface area (Å²) < 4.78 is 27.1. The summed E-state index contributed by atoms with van der Waals surface area (Å²) in [7, 11) is -3.68. The number of carbonyl (C=O) groups is 1. The Morgan fingerprint density at radius 3 is 2.62 bits per heavy atom. The maximum absolute atomic E-state index is 12.3. The molecule has 0 radical (unpaired) electrons. The Morgan fingerprint density at radius 2 is 1.95 bits per heavy atom. The summed E-state index contributed by atoms with van der Waals surface area (Å²) in [5, 5.41) is 2.71. The first-order chi connectivity index (χ1) is 10.0. The quantitative estimate of drug-likeness (QED) is 0.802. The van der Waals surface area contributed by atoms with Crippen LogP contribution in [-0.4, -0.2) is 32.8 Å². The number of hydrogen-bond acceptors (Lipinski definition) is 3. The van der Waals surface area contributed by atoms with Crippen molar-refractivity contribution >= 4 is 27.5 Å². The van der Waals surface area contributed by atoms with Crippen molar-refractivity contribution in [3.8, 4) is 0 Å². The van der Waals surface area contributed by atoms with E-state index in [9.17, 15) is 13.2 Å². The van der Waals surface area contributed by atoms with Gasteiger partial charge in [0.25, 0.3) is 0 Å². The number of halogens is 1. The molecule has 1 atom stereocenters. The van der Waals surface area contributed by atoms with Gasteiger partial charge in [0.05, 0.1) is 4.90 Å². The Balaban J connectivity index is 2.11. The lowest BCUT2D eigenvalue weighted by Gasteiger charge is -2.15. The number of rotatable bonds is 5. The molecule has 1 aromatic rings. The van der Waals surface area contributed by atoms with E-state index < -0.39 is 16.1 Å². The maximum atomic E-state index is 12.3. The molecule has 7 heteroatoms. The van der Waals surface area contributed by atoms with Gasteiger partial charge in [-0.3, -0.25) is 4.79 Å². The van der Waals surface area contributed by atoms with E-state index in [1.165, 1.54) is 0 Å². The molecule has 1 heterocycles. The number of nitrogens with one attached hydrogen (secondary N) is 2. The zero-order chi connectivity index (χ0) is 15.3. The summed E-state index contributed by atoms with van der Waals surface area (Å²) in [6.07, 6.45) is 2.91. The Labute approximate surface area is 130 Å². The average molecular weight is 331 g/mol. The fourth-order valence-corrected chi connectivity index (χ4v) is 3.70. The first-order valence-electron chi connectivity index (χ1n) is 6.98. The van der Waals surface area contributed by atoms with Crippen LogP contribution < -0.4 is 10.0 Å². The molecule has 0 bridgehead atoms. The molecule has 1 aliphatic heterocycles. The van der Waals surface area contributed by atoms with Gasteiger partial charge in [0.2, 0.25) is 15.9 Å². The van der Waals surface area contributed by atoms with Crippen LogP contribution in [0.3, 0.4) is 0 Å². The van der Waals surface area contributed by atoms with Crippen LogP contribution in [0.2, 0.25) is 0 Å². The number of amides is 1. The molecule has 5 nitrogen and oxygen atoms in total. The van der Waals surface area contributed by atoms with E-state index in [0.717, 1.165) is 18.4 Å². The van der Waals surface area contributed by atoms with E-state index in [1.54, 1.807) is 24.3 Å². The molecule has 1 aliphatic rings. The van der Waals surface area contributed by atoms with E-state index in [1.807, 2.05) is 0 Å². The highest BCUT2D eigenvalue weighted by Gasteiger charge is 2.26. The number of benzene rings is 1. The number of hydrogen-bond donors (Lipinski definition) is 2. The highest BCUT2D eigenvalue weighted by atomic mass is 35.5. The third-order valence-corrected chi connectivity index (χ3v) is 5.13. The second-order valence-electron chi connectivity index (χ2n) is 5.04.